The monoisotopic (exact) mass is 353 g/mol. The Kier molecular flexibility index (Phi) is 9.65. The third kappa shape index (κ3) is 6.61. The van der Waals surface area contributed by atoms with Crippen molar-refractivity contribution >= 4 is 0 Å². The minimum Gasteiger partial charge on any atom is -0.304 e. The number of hydrogen-bond acceptors (Lipinski definition) is 1. The van der Waals surface area contributed by atoms with Gasteiger partial charge in [-0.05, 0) is 88.1 Å². The van der Waals surface area contributed by atoms with Gasteiger partial charge in [0.25, 0.3) is 0 Å². The Balaban J connectivity index is 2.88. The molecule has 1 aromatic carbocycles. The molecule has 0 aromatic heterocycles. The number of benzene rings is 1. The van der Waals surface area contributed by atoms with Gasteiger partial charge in [0.1, 0.15) is 0 Å². The molecule has 0 fully saturated rings. The fourth-order valence-electron chi connectivity index (χ4n) is 3.49. The second-order valence-corrected chi connectivity index (χ2v) is 7.57. The molecule has 0 radical (unpaired) electrons. The predicted octanol–water partition coefficient (Wildman–Crippen LogP) is 6.77. The van der Waals surface area contributed by atoms with Crippen molar-refractivity contribution in [3.63, 3.8) is 0 Å². The number of aryl methyl sites for hydroxylation is 4. The van der Waals surface area contributed by atoms with Crippen LogP contribution in [0.3, 0.4) is 0 Å². The van der Waals surface area contributed by atoms with Crippen LogP contribution in [0.15, 0.2) is 48.1 Å². The predicted molar refractivity (Wildman–Crippen MR) is 118 cm³/mol. The van der Waals surface area contributed by atoms with Crippen molar-refractivity contribution in [2.24, 2.45) is 0 Å². The number of hydrogen-bond donors (Lipinski definition) is 1. The van der Waals surface area contributed by atoms with Crippen molar-refractivity contribution in [2.45, 2.75) is 86.2 Å². The third-order valence-electron chi connectivity index (χ3n) is 5.23. The summed E-state index contributed by atoms with van der Waals surface area (Å²) < 4.78 is 0. The molecule has 2 atom stereocenters. The van der Waals surface area contributed by atoms with E-state index in [2.05, 4.69) is 90.7 Å². The van der Waals surface area contributed by atoms with Gasteiger partial charge in [-0.1, -0.05) is 56.4 Å². The van der Waals surface area contributed by atoms with E-state index in [0.29, 0.717) is 6.04 Å². The van der Waals surface area contributed by atoms with E-state index in [0.717, 1.165) is 25.7 Å². The van der Waals surface area contributed by atoms with Gasteiger partial charge in [-0.25, -0.2) is 0 Å². The lowest BCUT2D eigenvalue weighted by molar-refractivity contribution is 0.448. The molecule has 0 spiro atoms. The highest BCUT2D eigenvalue weighted by atomic mass is 15.0. The van der Waals surface area contributed by atoms with Gasteiger partial charge in [0.15, 0.2) is 0 Å². The van der Waals surface area contributed by atoms with Crippen molar-refractivity contribution in [3.05, 3.63) is 70.3 Å². The highest BCUT2D eigenvalue weighted by Gasteiger charge is 2.17. The molecule has 0 aliphatic rings. The Morgan fingerprint density at radius 3 is 2.31 bits per heavy atom. The van der Waals surface area contributed by atoms with Gasteiger partial charge in [-0.2, -0.15) is 0 Å². The van der Waals surface area contributed by atoms with Crippen molar-refractivity contribution in [1.82, 2.24) is 5.32 Å². The van der Waals surface area contributed by atoms with Crippen LogP contribution >= 0.6 is 0 Å². The lowest BCUT2D eigenvalue weighted by Gasteiger charge is -2.27. The summed E-state index contributed by atoms with van der Waals surface area (Å²) in [6, 6.07) is 5.42. The molecular weight excluding hydrogens is 314 g/mol. The smallest absolute Gasteiger partial charge is 0.0529 e. The average Bonchev–Trinajstić information content (AvgIpc) is 2.59. The molecule has 0 amide bonds. The summed E-state index contributed by atoms with van der Waals surface area (Å²) in [6.45, 7) is 19.6. The summed E-state index contributed by atoms with van der Waals surface area (Å²) in [5.74, 6) is 0. The summed E-state index contributed by atoms with van der Waals surface area (Å²) in [7, 11) is 0. The summed E-state index contributed by atoms with van der Waals surface area (Å²) in [4.78, 5) is 0. The van der Waals surface area contributed by atoms with Gasteiger partial charge >= 0.3 is 0 Å². The van der Waals surface area contributed by atoms with Gasteiger partial charge in [0.05, 0.1) is 6.04 Å². The zero-order valence-electron chi connectivity index (χ0n) is 18.1. The molecule has 0 heterocycles. The number of allylic oxidation sites excluding steroid dienone is 2. The minimum atomic E-state index is 0.233. The standard InChI is InChI=1S/C25H39N/c1-9-12-22(13-10-2)25(18(4)5)26-24(11-3)15-14-23-17-20(7)19(6)16-21(23)8/h9,12-13,16-17,24-26H,4,10-11,14-15H2,1-3,5-8H3/b12-9-,22-13+. The van der Waals surface area contributed by atoms with Crippen LogP contribution in [0.25, 0.3) is 0 Å². The van der Waals surface area contributed by atoms with Crippen LogP contribution in [0.2, 0.25) is 0 Å². The maximum atomic E-state index is 4.24. The molecule has 0 saturated carbocycles. The zero-order chi connectivity index (χ0) is 19.7. The third-order valence-corrected chi connectivity index (χ3v) is 5.23. The Morgan fingerprint density at radius 2 is 1.77 bits per heavy atom. The van der Waals surface area contributed by atoms with Crippen molar-refractivity contribution in [1.29, 1.82) is 0 Å². The van der Waals surface area contributed by atoms with E-state index in [1.807, 2.05) is 0 Å². The van der Waals surface area contributed by atoms with Crippen LogP contribution in [0.4, 0.5) is 0 Å². The molecule has 0 aliphatic heterocycles. The largest absolute Gasteiger partial charge is 0.304 e. The Hall–Kier alpha value is -1.60. The number of nitrogens with one attached hydrogen (secondary N) is 1. The van der Waals surface area contributed by atoms with Crippen LogP contribution in [-0.2, 0) is 6.42 Å². The normalized spacial score (nSPS) is 14.7. The average molecular weight is 354 g/mol. The first-order chi connectivity index (χ1) is 12.3. The first-order valence-corrected chi connectivity index (χ1v) is 10.1. The van der Waals surface area contributed by atoms with E-state index in [4.69, 9.17) is 0 Å². The Labute approximate surface area is 162 Å². The quantitative estimate of drug-likeness (QED) is 0.361. The molecule has 2 unspecified atom stereocenters. The van der Waals surface area contributed by atoms with E-state index in [1.54, 1.807) is 0 Å². The second kappa shape index (κ2) is 11.2. The van der Waals surface area contributed by atoms with Crippen molar-refractivity contribution in [2.75, 3.05) is 0 Å². The molecule has 0 bridgehead atoms. The molecule has 1 N–H and O–H groups in total. The molecule has 1 rings (SSSR count). The van der Waals surface area contributed by atoms with Crippen molar-refractivity contribution in [3.8, 4) is 0 Å². The first kappa shape index (κ1) is 22.4. The highest BCUT2D eigenvalue weighted by molar-refractivity contribution is 5.36. The van der Waals surface area contributed by atoms with Gasteiger partial charge < -0.3 is 5.32 Å². The zero-order valence-corrected chi connectivity index (χ0v) is 18.1. The second-order valence-electron chi connectivity index (χ2n) is 7.57. The maximum absolute atomic E-state index is 4.24. The van der Waals surface area contributed by atoms with Crippen LogP contribution in [0.5, 0.6) is 0 Å². The fourth-order valence-corrected chi connectivity index (χ4v) is 3.49. The number of rotatable bonds is 10. The summed E-state index contributed by atoms with van der Waals surface area (Å²) >= 11 is 0. The summed E-state index contributed by atoms with van der Waals surface area (Å²) in [6.07, 6.45) is 11.1. The van der Waals surface area contributed by atoms with Gasteiger partial charge in [0.2, 0.25) is 0 Å². The minimum absolute atomic E-state index is 0.233. The van der Waals surface area contributed by atoms with E-state index < -0.39 is 0 Å². The Bertz CT molecular complexity index is 648. The van der Waals surface area contributed by atoms with E-state index in [1.165, 1.54) is 33.4 Å². The van der Waals surface area contributed by atoms with Crippen LogP contribution < -0.4 is 5.32 Å². The molecule has 26 heavy (non-hydrogen) atoms. The Morgan fingerprint density at radius 1 is 1.12 bits per heavy atom. The molecule has 1 heteroatoms. The maximum Gasteiger partial charge on any atom is 0.0529 e. The van der Waals surface area contributed by atoms with Gasteiger partial charge in [-0.15, -0.1) is 0 Å². The lowest BCUT2D eigenvalue weighted by Crippen LogP contribution is -2.40. The van der Waals surface area contributed by atoms with Gasteiger partial charge in [-0.3, -0.25) is 0 Å². The molecule has 1 nitrogen and oxygen atoms in total. The van der Waals surface area contributed by atoms with Crippen LogP contribution in [-0.4, -0.2) is 12.1 Å². The van der Waals surface area contributed by atoms with Crippen LogP contribution in [0, 0.1) is 20.8 Å². The van der Waals surface area contributed by atoms with E-state index in [9.17, 15) is 0 Å². The summed E-state index contributed by atoms with van der Waals surface area (Å²) in [5.41, 5.74) is 8.21. The molecule has 0 saturated heterocycles. The highest BCUT2D eigenvalue weighted by Crippen LogP contribution is 2.20. The molecule has 144 valence electrons. The topological polar surface area (TPSA) is 12.0 Å². The fraction of sp³-hybridized carbons (Fsp3) is 0.520. The summed E-state index contributed by atoms with van der Waals surface area (Å²) in [5, 5.41) is 3.87. The molecular formula is C25H39N. The van der Waals surface area contributed by atoms with Crippen molar-refractivity contribution < 1.29 is 0 Å². The molecule has 0 aliphatic carbocycles. The lowest BCUT2D eigenvalue weighted by atomic mass is 9.93. The van der Waals surface area contributed by atoms with Gasteiger partial charge in [0, 0.05) is 6.04 Å². The molecule has 1 aromatic rings. The SMILES string of the molecule is C=C(C)C(NC(CC)CCc1cc(C)c(C)cc1C)C(/C=C\C)=C/CC. The van der Waals surface area contributed by atoms with Crippen LogP contribution in [0.1, 0.15) is 69.2 Å². The first-order valence-electron chi connectivity index (χ1n) is 10.1. The van der Waals surface area contributed by atoms with E-state index in [-0.39, 0.29) is 6.04 Å². The van der Waals surface area contributed by atoms with E-state index >= 15 is 0 Å².